The zero-order chi connectivity index (χ0) is 14.9. The Kier molecular flexibility index (Phi) is 6.26. The number of carbonyl (C=O) groups excluding carboxylic acids is 1. The molecule has 0 fully saturated rings. The summed E-state index contributed by atoms with van der Waals surface area (Å²) in [7, 11) is 1.58. The molecule has 0 spiro atoms. The molecule has 0 saturated carbocycles. The summed E-state index contributed by atoms with van der Waals surface area (Å²) in [6.07, 6.45) is 0. The van der Waals surface area contributed by atoms with Gasteiger partial charge >= 0.3 is 5.97 Å². The molecule has 0 saturated heterocycles. The van der Waals surface area contributed by atoms with Crippen molar-refractivity contribution in [1.29, 1.82) is 0 Å². The van der Waals surface area contributed by atoms with E-state index in [4.69, 9.17) is 0 Å². The maximum atomic E-state index is 11.5. The van der Waals surface area contributed by atoms with Crippen LogP contribution in [0, 0.1) is 10.7 Å². The topological polar surface area (TPSA) is 77.8 Å². The van der Waals surface area contributed by atoms with Crippen LogP contribution in [0.15, 0.2) is 0 Å². The minimum atomic E-state index is -1.07. The molecule has 1 rings (SSSR count). The third-order valence-corrected chi connectivity index (χ3v) is 5.97. The van der Waals surface area contributed by atoms with Crippen LogP contribution in [0.25, 0.3) is 0 Å². The highest BCUT2D eigenvalue weighted by atomic mass is 127. The van der Waals surface area contributed by atoms with Crippen LogP contribution in [0.2, 0.25) is 0 Å². The predicted molar refractivity (Wildman–Crippen MR) is 96.6 cm³/mol. The third kappa shape index (κ3) is 3.32. The van der Waals surface area contributed by atoms with Gasteiger partial charge in [-0.1, -0.05) is 0 Å². The van der Waals surface area contributed by atoms with Crippen molar-refractivity contribution in [3.05, 3.63) is 21.8 Å². The molecular formula is C11H10I3NO4. The summed E-state index contributed by atoms with van der Waals surface area (Å²) >= 11 is 5.86. The van der Waals surface area contributed by atoms with Crippen LogP contribution < -0.4 is 4.90 Å². The van der Waals surface area contributed by atoms with E-state index < -0.39 is 5.97 Å². The van der Waals surface area contributed by atoms with Gasteiger partial charge in [0.1, 0.15) is 0 Å². The van der Waals surface area contributed by atoms with E-state index in [9.17, 15) is 19.8 Å². The van der Waals surface area contributed by atoms with E-state index in [1.807, 2.05) is 67.8 Å². The van der Waals surface area contributed by atoms with E-state index in [1.165, 1.54) is 11.8 Å². The smallest absolute Gasteiger partial charge is 0.337 e. The fraction of sp³-hybridized carbons (Fsp3) is 0.273. The lowest BCUT2D eigenvalue weighted by Crippen LogP contribution is -2.27. The molecule has 104 valence electrons. The van der Waals surface area contributed by atoms with Crippen molar-refractivity contribution < 1.29 is 19.8 Å². The highest BCUT2D eigenvalue weighted by Gasteiger charge is 2.26. The number of aliphatic hydroxyl groups is 1. The molecule has 0 radical (unpaired) electrons. The number of aliphatic hydroxyl groups excluding tert-OH is 1. The van der Waals surface area contributed by atoms with Crippen LogP contribution in [0.5, 0.6) is 0 Å². The molecule has 0 aromatic heterocycles. The lowest BCUT2D eigenvalue weighted by Gasteiger charge is -2.23. The first-order valence-corrected chi connectivity index (χ1v) is 8.25. The second-order valence-electron chi connectivity index (χ2n) is 3.69. The van der Waals surface area contributed by atoms with Gasteiger partial charge in [0, 0.05) is 26.7 Å². The summed E-state index contributed by atoms with van der Waals surface area (Å²) in [6.45, 7) is 1.13. The maximum absolute atomic E-state index is 11.5. The predicted octanol–water partition coefficient (Wildman–Crippen LogP) is 2.67. The first kappa shape index (κ1) is 17.4. The minimum Gasteiger partial charge on any atom is -0.478 e. The van der Waals surface area contributed by atoms with Gasteiger partial charge in [-0.05, 0) is 67.8 Å². The summed E-state index contributed by atoms with van der Waals surface area (Å²) in [6, 6.07) is 0. The molecule has 1 aromatic rings. The Morgan fingerprint density at radius 1 is 1.16 bits per heavy atom. The zero-order valence-electron chi connectivity index (χ0n) is 10.00. The fourth-order valence-electron chi connectivity index (χ4n) is 1.48. The number of carbonyl (C=O) groups is 2. The normalized spacial score (nSPS) is 10.4. The number of carboxylic acids is 1. The monoisotopic (exact) mass is 601 g/mol. The lowest BCUT2D eigenvalue weighted by atomic mass is 10.1. The molecule has 1 amide bonds. The van der Waals surface area contributed by atoms with E-state index in [2.05, 4.69) is 0 Å². The average Bonchev–Trinajstić information content (AvgIpc) is 2.28. The van der Waals surface area contributed by atoms with Crippen LogP contribution in [-0.4, -0.2) is 29.1 Å². The molecule has 5 nitrogen and oxygen atoms in total. The second-order valence-corrected chi connectivity index (χ2v) is 6.92. The quantitative estimate of drug-likeness (QED) is 0.524. The largest absolute Gasteiger partial charge is 0.478 e. The van der Waals surface area contributed by atoms with Crippen molar-refractivity contribution in [2.75, 3.05) is 11.9 Å². The van der Waals surface area contributed by atoms with Gasteiger partial charge < -0.3 is 15.1 Å². The Labute approximate surface area is 151 Å². The van der Waals surface area contributed by atoms with Gasteiger partial charge in [-0.3, -0.25) is 4.79 Å². The molecule has 0 aliphatic carbocycles. The molecule has 0 atom stereocenters. The van der Waals surface area contributed by atoms with Gasteiger partial charge in [-0.2, -0.15) is 0 Å². The van der Waals surface area contributed by atoms with E-state index in [-0.39, 0.29) is 18.1 Å². The molecule has 2 N–H and O–H groups in total. The van der Waals surface area contributed by atoms with Gasteiger partial charge in [0.05, 0.1) is 21.4 Å². The zero-order valence-corrected chi connectivity index (χ0v) is 16.5. The molecule has 0 heterocycles. The van der Waals surface area contributed by atoms with Gasteiger partial charge in [-0.15, -0.1) is 0 Å². The molecule has 0 bridgehead atoms. The summed E-state index contributed by atoms with van der Waals surface area (Å²) in [5.74, 6) is -1.27. The Morgan fingerprint density at radius 3 is 2.05 bits per heavy atom. The van der Waals surface area contributed by atoms with Crippen molar-refractivity contribution in [2.45, 2.75) is 13.5 Å². The number of halogens is 3. The minimum absolute atomic E-state index is 0.119. The van der Waals surface area contributed by atoms with Crippen LogP contribution >= 0.6 is 67.8 Å². The van der Waals surface area contributed by atoms with Crippen LogP contribution in [-0.2, 0) is 11.4 Å². The Morgan fingerprint density at radius 2 is 1.68 bits per heavy atom. The first-order valence-electron chi connectivity index (χ1n) is 5.01. The number of aromatic carboxylic acids is 1. The summed E-state index contributed by atoms with van der Waals surface area (Å²) in [5, 5.41) is 18.7. The second kappa shape index (κ2) is 6.85. The van der Waals surface area contributed by atoms with Crippen molar-refractivity contribution in [1.82, 2.24) is 0 Å². The van der Waals surface area contributed by atoms with E-state index in [0.717, 1.165) is 0 Å². The molecule has 0 aliphatic heterocycles. The number of nitrogens with zero attached hydrogens (tertiary/aromatic N) is 1. The van der Waals surface area contributed by atoms with Crippen LogP contribution in [0.1, 0.15) is 22.8 Å². The highest BCUT2D eigenvalue weighted by molar-refractivity contribution is 14.1. The number of amides is 1. The van der Waals surface area contributed by atoms with Gasteiger partial charge in [0.15, 0.2) is 0 Å². The third-order valence-electron chi connectivity index (χ3n) is 2.56. The Hall–Kier alpha value is 0.310. The van der Waals surface area contributed by atoms with E-state index in [1.54, 1.807) is 7.05 Å². The number of carboxylic acid groups (broad SMARTS) is 1. The standard InChI is InChI=1S/C11H10I3NO4/c1-4(17)15(2)10-8(13)5(3-16)7(12)6(9(10)14)11(18)19/h16H,3H2,1-2H3,(H,18,19). The van der Waals surface area contributed by atoms with Crippen molar-refractivity contribution >= 4 is 85.3 Å². The molecule has 19 heavy (non-hydrogen) atoms. The van der Waals surface area contributed by atoms with E-state index >= 15 is 0 Å². The molecule has 0 unspecified atom stereocenters. The summed E-state index contributed by atoms with van der Waals surface area (Å²) in [5.41, 5.74) is 1.17. The Bertz CT molecular complexity index is 560. The molecule has 8 heteroatoms. The molecule has 0 aliphatic rings. The number of hydrogen-bond donors (Lipinski definition) is 2. The number of anilines is 1. The van der Waals surface area contributed by atoms with Gasteiger partial charge in [0.2, 0.25) is 5.91 Å². The van der Waals surface area contributed by atoms with Crippen molar-refractivity contribution in [3.63, 3.8) is 0 Å². The number of hydrogen-bond acceptors (Lipinski definition) is 3. The van der Waals surface area contributed by atoms with Crippen LogP contribution in [0.3, 0.4) is 0 Å². The van der Waals surface area contributed by atoms with Crippen LogP contribution in [0.4, 0.5) is 5.69 Å². The summed E-state index contributed by atoms with van der Waals surface area (Å²) in [4.78, 5) is 24.3. The maximum Gasteiger partial charge on any atom is 0.337 e. The highest BCUT2D eigenvalue weighted by Crippen LogP contribution is 2.37. The number of rotatable bonds is 3. The Balaban J connectivity index is 3.78. The fourth-order valence-corrected chi connectivity index (χ4v) is 6.17. The molecular weight excluding hydrogens is 591 g/mol. The summed E-state index contributed by atoms with van der Waals surface area (Å²) < 4.78 is 1.69. The number of benzene rings is 1. The van der Waals surface area contributed by atoms with Gasteiger partial charge in [-0.25, -0.2) is 4.79 Å². The van der Waals surface area contributed by atoms with Gasteiger partial charge in [0.25, 0.3) is 0 Å². The van der Waals surface area contributed by atoms with Crippen molar-refractivity contribution in [2.24, 2.45) is 0 Å². The van der Waals surface area contributed by atoms with Crippen molar-refractivity contribution in [3.8, 4) is 0 Å². The first-order chi connectivity index (χ1) is 8.73. The average molecular weight is 601 g/mol. The van der Waals surface area contributed by atoms with E-state index in [0.29, 0.717) is 22.0 Å². The lowest BCUT2D eigenvalue weighted by molar-refractivity contribution is -0.116. The molecule has 1 aromatic carbocycles. The SMILES string of the molecule is CC(=O)N(C)c1c(I)c(CO)c(I)c(C(=O)O)c1I.